The maximum absolute atomic E-state index is 13.1. The Morgan fingerprint density at radius 1 is 1.26 bits per heavy atom. The number of hydrogen-bond donors (Lipinski definition) is 1. The summed E-state index contributed by atoms with van der Waals surface area (Å²) >= 11 is 1.62. The van der Waals surface area contributed by atoms with Crippen molar-refractivity contribution in [3.05, 3.63) is 58.2 Å². The molecule has 1 N–H and O–H groups in total. The predicted molar refractivity (Wildman–Crippen MR) is 116 cm³/mol. The summed E-state index contributed by atoms with van der Waals surface area (Å²) in [5.74, 6) is 5.69. The van der Waals surface area contributed by atoms with Crippen LogP contribution in [0.25, 0.3) is 5.52 Å². The van der Waals surface area contributed by atoms with Crippen LogP contribution in [0.4, 0.5) is 18.9 Å². The first-order valence-corrected chi connectivity index (χ1v) is 11.3. The van der Waals surface area contributed by atoms with Crippen molar-refractivity contribution in [3.63, 3.8) is 0 Å². The molecule has 0 unspecified atom stereocenters. The van der Waals surface area contributed by atoms with E-state index in [1.807, 2.05) is 0 Å². The minimum atomic E-state index is -4.31. The Kier molecular flexibility index (Phi) is 7.21. The second-order valence-electron chi connectivity index (χ2n) is 6.08. The van der Waals surface area contributed by atoms with Gasteiger partial charge in [0.25, 0.3) is 0 Å². The van der Waals surface area contributed by atoms with Gasteiger partial charge in [-0.3, -0.25) is 0 Å². The monoisotopic (exact) mass is 560 g/mol. The molecule has 0 spiro atoms. The number of rotatable bonds is 5. The van der Waals surface area contributed by atoms with Crippen LogP contribution >= 0.6 is 15.9 Å². The van der Waals surface area contributed by atoms with Gasteiger partial charge in [0, 0.05) is 0 Å². The molecule has 3 rings (SSSR count). The number of esters is 1. The van der Waals surface area contributed by atoms with E-state index in [-0.39, 0.29) is 11.1 Å². The SMILES string of the molecule is COC(=O)c1ccc(OC)c(NCC#Cc2cc3c(Br)cccn3c2[Se]C(F)(F)F)c1. The van der Waals surface area contributed by atoms with Crippen LogP contribution < -0.4 is 14.6 Å². The minimum absolute atomic E-state index is 0.132. The predicted octanol–water partition coefficient (Wildman–Crippen LogP) is 3.81. The average molecular weight is 560 g/mol. The second kappa shape index (κ2) is 9.69. The summed E-state index contributed by atoms with van der Waals surface area (Å²) in [5.41, 5.74) is 1.79. The van der Waals surface area contributed by atoms with Crippen molar-refractivity contribution in [2.24, 2.45) is 0 Å². The van der Waals surface area contributed by atoms with Crippen molar-refractivity contribution >= 4 is 52.7 Å². The van der Waals surface area contributed by atoms with Crippen molar-refractivity contribution in [3.8, 4) is 17.6 Å². The molecule has 0 bridgehead atoms. The summed E-state index contributed by atoms with van der Waals surface area (Å²) in [5, 5.41) is -1.28. The summed E-state index contributed by atoms with van der Waals surface area (Å²) < 4.78 is 51.7. The van der Waals surface area contributed by atoms with Crippen LogP contribution in [-0.4, -0.2) is 51.2 Å². The summed E-state index contributed by atoms with van der Waals surface area (Å²) in [6.45, 7) is 0.132. The van der Waals surface area contributed by atoms with E-state index in [4.69, 9.17) is 9.47 Å². The Balaban J connectivity index is 1.87. The van der Waals surface area contributed by atoms with Crippen molar-refractivity contribution in [2.45, 2.75) is 5.07 Å². The van der Waals surface area contributed by atoms with Crippen LogP contribution in [0.3, 0.4) is 0 Å². The molecule has 0 radical (unpaired) electrons. The fourth-order valence-corrected chi connectivity index (χ4v) is 4.73. The van der Waals surface area contributed by atoms with Crippen LogP contribution in [0.2, 0.25) is 0 Å². The van der Waals surface area contributed by atoms with Gasteiger partial charge in [0.15, 0.2) is 0 Å². The van der Waals surface area contributed by atoms with Gasteiger partial charge in [-0.05, 0) is 0 Å². The van der Waals surface area contributed by atoms with Gasteiger partial charge in [0.05, 0.1) is 0 Å². The van der Waals surface area contributed by atoms with Crippen LogP contribution in [-0.2, 0) is 4.74 Å². The van der Waals surface area contributed by atoms with Gasteiger partial charge in [0.1, 0.15) is 0 Å². The quantitative estimate of drug-likeness (QED) is 0.293. The molecule has 0 aliphatic rings. The third kappa shape index (κ3) is 5.56. The topological polar surface area (TPSA) is 52.0 Å². The second-order valence-corrected chi connectivity index (χ2v) is 9.15. The van der Waals surface area contributed by atoms with Gasteiger partial charge in [0.2, 0.25) is 0 Å². The molecule has 5 nitrogen and oxygen atoms in total. The number of nitrogens with one attached hydrogen (secondary N) is 1. The first kappa shape index (κ1) is 23.1. The molecular weight excluding hydrogens is 544 g/mol. The zero-order valence-corrected chi connectivity index (χ0v) is 19.6. The number of pyridine rings is 1. The molecule has 3 aromatic rings. The number of nitrogens with zero attached hydrogens (tertiary/aromatic N) is 1. The van der Waals surface area contributed by atoms with Gasteiger partial charge in [-0.25, -0.2) is 0 Å². The Hall–Kier alpha value is -2.60. The number of anilines is 1. The van der Waals surface area contributed by atoms with Gasteiger partial charge >= 0.3 is 191 Å². The van der Waals surface area contributed by atoms with Crippen molar-refractivity contribution in [1.29, 1.82) is 0 Å². The van der Waals surface area contributed by atoms with Crippen molar-refractivity contribution in [2.75, 3.05) is 26.1 Å². The first-order chi connectivity index (χ1) is 14.7. The van der Waals surface area contributed by atoms with E-state index in [9.17, 15) is 18.0 Å². The van der Waals surface area contributed by atoms with E-state index in [1.54, 1.807) is 42.6 Å². The number of ether oxygens (including phenoxy) is 2. The molecule has 2 aromatic heterocycles. The number of aromatic nitrogens is 1. The Morgan fingerprint density at radius 2 is 2.03 bits per heavy atom. The molecule has 0 aliphatic carbocycles. The number of hydrogen-bond acceptors (Lipinski definition) is 4. The Bertz CT molecular complexity index is 1180. The molecule has 0 atom stereocenters. The van der Waals surface area contributed by atoms with E-state index in [2.05, 4.69) is 33.1 Å². The van der Waals surface area contributed by atoms with E-state index in [1.165, 1.54) is 18.6 Å². The fourth-order valence-electron chi connectivity index (χ4n) is 2.81. The van der Waals surface area contributed by atoms with Crippen molar-refractivity contribution < 1.29 is 27.4 Å². The van der Waals surface area contributed by atoms with E-state index < -0.39 is 26.0 Å². The molecule has 0 saturated heterocycles. The standard InChI is InChI=1S/C21H16BrF3N2O3Se/c1-29-18-8-7-14(20(28)30-2)11-16(18)26-9-3-5-13-12-17-15(22)6-4-10-27(17)19(13)31-21(23,24)25/h4,6-8,10-12,26H,9H2,1-2H3. The van der Waals surface area contributed by atoms with Crippen LogP contribution in [0.1, 0.15) is 15.9 Å². The Labute approximate surface area is 191 Å². The number of fused-ring (bicyclic) bond motifs is 1. The maximum atomic E-state index is 13.1. The molecule has 162 valence electrons. The zero-order chi connectivity index (χ0) is 22.6. The molecule has 0 saturated carbocycles. The van der Waals surface area contributed by atoms with Gasteiger partial charge in [-0.2, -0.15) is 0 Å². The fraction of sp³-hybridized carbons (Fsp3) is 0.190. The van der Waals surface area contributed by atoms with E-state index >= 15 is 0 Å². The first-order valence-electron chi connectivity index (χ1n) is 8.78. The van der Waals surface area contributed by atoms with Crippen LogP contribution in [0.15, 0.2) is 47.1 Å². The Morgan fingerprint density at radius 3 is 2.71 bits per heavy atom. The molecular formula is C21H16BrF3N2O3Se. The molecule has 2 heterocycles. The third-order valence-electron chi connectivity index (χ3n) is 4.14. The molecule has 0 amide bonds. The number of methoxy groups -OCH3 is 2. The molecule has 0 fully saturated rings. The number of carbonyl (C=O) groups excluding carboxylic acids is 1. The average Bonchev–Trinajstić information content (AvgIpc) is 3.07. The molecule has 0 aliphatic heterocycles. The third-order valence-corrected chi connectivity index (χ3v) is 6.57. The normalized spacial score (nSPS) is 11.0. The van der Waals surface area contributed by atoms with Crippen molar-refractivity contribution in [1.82, 2.24) is 4.40 Å². The number of benzene rings is 1. The van der Waals surface area contributed by atoms with E-state index in [0.29, 0.717) is 32.6 Å². The van der Waals surface area contributed by atoms with Gasteiger partial charge in [-0.1, -0.05) is 0 Å². The zero-order valence-electron chi connectivity index (χ0n) is 16.3. The molecule has 1 aromatic carbocycles. The summed E-state index contributed by atoms with van der Waals surface area (Å²) in [7, 11) is 2.77. The number of alkyl halides is 3. The number of halogens is 4. The number of carbonyl (C=O) groups is 1. The summed E-state index contributed by atoms with van der Waals surface area (Å²) in [6.07, 6.45) is 1.59. The van der Waals surface area contributed by atoms with Crippen LogP contribution in [0, 0.1) is 11.8 Å². The van der Waals surface area contributed by atoms with Crippen LogP contribution in [0.5, 0.6) is 5.75 Å². The summed E-state index contributed by atoms with van der Waals surface area (Å²) in [4.78, 5) is 11.7. The van der Waals surface area contributed by atoms with Gasteiger partial charge < -0.3 is 0 Å². The molecule has 31 heavy (non-hydrogen) atoms. The van der Waals surface area contributed by atoms with E-state index in [0.717, 1.165) is 0 Å². The molecule has 10 heteroatoms. The van der Waals surface area contributed by atoms with Gasteiger partial charge in [-0.15, -0.1) is 0 Å². The summed E-state index contributed by atoms with van der Waals surface area (Å²) in [6, 6.07) is 9.82.